The van der Waals surface area contributed by atoms with E-state index in [2.05, 4.69) is 111 Å². The number of hydrogen-bond donors (Lipinski definition) is 1. The minimum atomic E-state index is -1.51. The number of carbonyl (C=O) groups is 3. The first kappa shape index (κ1) is 91.2. The number of aliphatic carboxylic acids is 1. The van der Waals surface area contributed by atoms with E-state index in [0.717, 1.165) is 83.5 Å². The molecule has 0 aliphatic rings. The molecule has 9 heteroatoms. The van der Waals surface area contributed by atoms with Gasteiger partial charge < -0.3 is 28.5 Å². The number of carbonyl (C=O) groups excluding carboxylic acids is 2. The van der Waals surface area contributed by atoms with Gasteiger partial charge in [0.15, 0.2) is 6.10 Å². The lowest BCUT2D eigenvalue weighted by atomic mass is 10.0. The molecule has 0 aromatic rings. The van der Waals surface area contributed by atoms with Crippen molar-refractivity contribution >= 4 is 17.9 Å². The summed E-state index contributed by atoms with van der Waals surface area (Å²) in [6.07, 6.45) is 103. The summed E-state index contributed by atoms with van der Waals surface area (Å²) in [5, 5.41) is 9.78. The van der Waals surface area contributed by atoms with Crippen molar-refractivity contribution in [1.82, 2.24) is 0 Å². The highest BCUT2D eigenvalue weighted by atomic mass is 16.7. The Balaban J connectivity index is 3.99. The monoisotopic (exact) mass is 1330 g/mol. The number of carboxylic acid groups (broad SMARTS) is 1. The molecule has 95 heavy (non-hydrogen) atoms. The standard InChI is InChI=1S/C86H153NO8/c1-6-8-10-12-14-16-18-20-22-24-26-28-30-32-34-36-38-40-41-42-43-45-46-48-50-52-54-56-58-60-62-64-66-68-70-72-74-76-83(88)93-80-82(81-94-86(85(90)91)92-79-78-87(3,4)5)95-84(89)77-75-73-71-69-67-65-63-61-59-57-55-53-51-49-47-44-39-37-35-33-31-29-27-25-23-21-19-17-15-13-11-9-7-2/h9,11,15,17-18,20-21,23-24,26-27,29-30,32-33,35,82,86H,6-8,10,12-14,16,19,22,25,28,31,34,36-81H2,1-5H3/p+1/b11-9-,17-15-,20-18-,23-21-,26-24-,29-27-,32-30-,35-33-. The van der Waals surface area contributed by atoms with Crippen LogP contribution in [-0.4, -0.2) is 87.4 Å². The van der Waals surface area contributed by atoms with Crippen molar-refractivity contribution in [1.29, 1.82) is 0 Å². The first-order chi connectivity index (χ1) is 46.6. The first-order valence-corrected chi connectivity index (χ1v) is 40.4. The summed E-state index contributed by atoms with van der Waals surface area (Å²) in [5.41, 5.74) is 0. The van der Waals surface area contributed by atoms with Gasteiger partial charge in [0.1, 0.15) is 13.2 Å². The van der Waals surface area contributed by atoms with Crippen molar-refractivity contribution in [2.75, 3.05) is 47.5 Å². The largest absolute Gasteiger partial charge is 0.477 e. The molecule has 1 N–H and O–H groups in total. The Kier molecular flexibility index (Phi) is 72.9. The van der Waals surface area contributed by atoms with Crippen molar-refractivity contribution in [3.05, 3.63) is 97.2 Å². The second kappa shape index (κ2) is 76.0. The third-order valence-corrected chi connectivity index (χ3v) is 17.8. The lowest BCUT2D eigenvalue weighted by Crippen LogP contribution is -2.40. The van der Waals surface area contributed by atoms with Crippen molar-refractivity contribution in [3.63, 3.8) is 0 Å². The van der Waals surface area contributed by atoms with Gasteiger partial charge in [-0.3, -0.25) is 9.59 Å². The molecule has 0 aliphatic heterocycles. The van der Waals surface area contributed by atoms with Crippen molar-refractivity contribution < 1.29 is 42.9 Å². The number of nitrogens with zero attached hydrogens (tertiary/aromatic N) is 1. The topological polar surface area (TPSA) is 108 Å². The van der Waals surface area contributed by atoms with Gasteiger partial charge in [-0.25, -0.2) is 4.79 Å². The van der Waals surface area contributed by atoms with Gasteiger partial charge in [-0.05, 0) is 96.3 Å². The number of carboxylic acids is 1. The molecule has 0 amide bonds. The van der Waals surface area contributed by atoms with E-state index in [-0.39, 0.29) is 38.2 Å². The molecule has 0 radical (unpaired) electrons. The maximum atomic E-state index is 13.0. The fraction of sp³-hybridized carbons (Fsp3) is 0.779. The third kappa shape index (κ3) is 77.4. The number of hydrogen-bond acceptors (Lipinski definition) is 7. The molecular weight excluding hydrogens is 1170 g/mol. The fourth-order valence-electron chi connectivity index (χ4n) is 11.7. The van der Waals surface area contributed by atoms with Crippen LogP contribution in [0.4, 0.5) is 0 Å². The minimum absolute atomic E-state index is 0.180. The number of ether oxygens (including phenoxy) is 4. The molecule has 9 nitrogen and oxygen atoms in total. The van der Waals surface area contributed by atoms with E-state index >= 15 is 0 Å². The molecule has 0 aromatic carbocycles. The van der Waals surface area contributed by atoms with Gasteiger partial charge in [-0.1, -0.05) is 361 Å². The maximum absolute atomic E-state index is 13.0. The first-order valence-electron chi connectivity index (χ1n) is 40.4. The van der Waals surface area contributed by atoms with Crippen LogP contribution in [0.1, 0.15) is 373 Å². The molecule has 2 unspecified atom stereocenters. The Morgan fingerprint density at radius 1 is 0.326 bits per heavy atom. The molecule has 0 bridgehead atoms. The van der Waals surface area contributed by atoms with Gasteiger partial charge >= 0.3 is 17.9 Å². The predicted octanol–water partition coefficient (Wildman–Crippen LogP) is 25.9. The summed E-state index contributed by atoms with van der Waals surface area (Å²) in [7, 11) is 5.99. The van der Waals surface area contributed by atoms with E-state index < -0.39 is 18.4 Å². The summed E-state index contributed by atoms with van der Waals surface area (Å²) in [4.78, 5) is 37.8. The summed E-state index contributed by atoms with van der Waals surface area (Å²) in [5.74, 6) is -1.98. The van der Waals surface area contributed by atoms with E-state index in [0.29, 0.717) is 17.4 Å². The maximum Gasteiger partial charge on any atom is 0.361 e. The fourth-order valence-corrected chi connectivity index (χ4v) is 11.7. The average molecular weight is 1330 g/mol. The Bertz CT molecular complexity index is 1890. The Hall–Kier alpha value is -3.79. The van der Waals surface area contributed by atoms with E-state index in [1.807, 2.05) is 21.1 Å². The van der Waals surface area contributed by atoms with Crippen LogP contribution in [-0.2, 0) is 33.3 Å². The van der Waals surface area contributed by atoms with Crippen LogP contribution in [0.25, 0.3) is 0 Å². The summed E-state index contributed by atoms with van der Waals surface area (Å²) in [6.45, 7) is 4.80. The predicted molar refractivity (Wildman–Crippen MR) is 410 cm³/mol. The van der Waals surface area contributed by atoms with E-state index in [1.54, 1.807) is 0 Å². The number of unbranched alkanes of at least 4 members (excludes halogenated alkanes) is 44. The number of rotatable bonds is 75. The smallest absolute Gasteiger partial charge is 0.361 e. The molecule has 0 rings (SSSR count). The molecule has 550 valence electrons. The lowest BCUT2D eigenvalue weighted by molar-refractivity contribution is -0.870. The van der Waals surface area contributed by atoms with Crippen molar-refractivity contribution in [2.24, 2.45) is 0 Å². The van der Waals surface area contributed by atoms with Crippen LogP contribution < -0.4 is 0 Å². The van der Waals surface area contributed by atoms with Crippen LogP contribution in [0.15, 0.2) is 97.2 Å². The lowest BCUT2D eigenvalue weighted by Gasteiger charge is -2.25. The van der Waals surface area contributed by atoms with Crippen LogP contribution in [0.5, 0.6) is 0 Å². The van der Waals surface area contributed by atoms with E-state index in [9.17, 15) is 19.5 Å². The second-order valence-electron chi connectivity index (χ2n) is 28.3. The number of quaternary nitrogens is 1. The molecule has 0 saturated carbocycles. The quantitative estimate of drug-likeness (QED) is 0.0211. The minimum Gasteiger partial charge on any atom is -0.477 e. The van der Waals surface area contributed by atoms with Gasteiger partial charge in [0, 0.05) is 12.8 Å². The van der Waals surface area contributed by atoms with Crippen LogP contribution >= 0.6 is 0 Å². The van der Waals surface area contributed by atoms with E-state index in [1.165, 1.54) is 263 Å². The van der Waals surface area contributed by atoms with Gasteiger partial charge in [-0.2, -0.15) is 0 Å². The van der Waals surface area contributed by atoms with Crippen LogP contribution in [0.3, 0.4) is 0 Å². The highest BCUT2D eigenvalue weighted by Crippen LogP contribution is 2.19. The highest BCUT2D eigenvalue weighted by molar-refractivity contribution is 5.71. The molecule has 0 spiro atoms. The molecule has 2 atom stereocenters. The van der Waals surface area contributed by atoms with Gasteiger partial charge in [0.2, 0.25) is 0 Å². The van der Waals surface area contributed by atoms with E-state index in [4.69, 9.17) is 18.9 Å². The summed E-state index contributed by atoms with van der Waals surface area (Å²) >= 11 is 0. The molecule has 0 saturated heterocycles. The second-order valence-corrected chi connectivity index (χ2v) is 28.3. The normalized spacial score (nSPS) is 13.1. The highest BCUT2D eigenvalue weighted by Gasteiger charge is 2.25. The number of allylic oxidation sites excluding steroid dienone is 16. The van der Waals surface area contributed by atoms with Gasteiger partial charge in [0.25, 0.3) is 6.29 Å². The Morgan fingerprint density at radius 2 is 0.600 bits per heavy atom. The number of likely N-dealkylation sites (N-methyl/N-ethyl adjacent to an activating group) is 1. The van der Waals surface area contributed by atoms with Crippen molar-refractivity contribution in [2.45, 2.75) is 386 Å². The molecule has 0 aliphatic carbocycles. The van der Waals surface area contributed by atoms with Gasteiger partial charge in [-0.15, -0.1) is 0 Å². The SMILES string of the molecule is CC/C=C\C/C=C\C/C=C\C/C=C\C/C=C\CCCCCCCCCCCCCCCCCCCC(=O)OC(COC(=O)CCCCCCCCCCCCCCCCCCCCCCCC/C=C\C/C=C\C/C=C\CCCCCCC)COC(OCC[N+](C)(C)C)C(=O)O. The Morgan fingerprint density at radius 3 is 0.895 bits per heavy atom. The van der Waals surface area contributed by atoms with Gasteiger partial charge in [0.05, 0.1) is 34.4 Å². The van der Waals surface area contributed by atoms with Crippen molar-refractivity contribution in [3.8, 4) is 0 Å². The zero-order valence-corrected chi connectivity index (χ0v) is 63.1. The molecule has 0 heterocycles. The third-order valence-electron chi connectivity index (χ3n) is 17.8. The zero-order chi connectivity index (χ0) is 69.0. The summed E-state index contributed by atoms with van der Waals surface area (Å²) < 4.78 is 23.1. The molecule has 0 aromatic heterocycles. The average Bonchev–Trinajstić information content (AvgIpc) is 3.75. The zero-order valence-electron chi connectivity index (χ0n) is 63.1. The molecule has 0 fully saturated rings. The Labute approximate surface area is 588 Å². The summed E-state index contributed by atoms with van der Waals surface area (Å²) in [6, 6.07) is 0. The van der Waals surface area contributed by atoms with Crippen LogP contribution in [0.2, 0.25) is 0 Å². The molecular formula is C86H154NO8+. The number of esters is 2. The van der Waals surface area contributed by atoms with Crippen LogP contribution in [0, 0.1) is 0 Å².